The monoisotopic (exact) mass is 363 g/mol. The summed E-state index contributed by atoms with van der Waals surface area (Å²) in [5.41, 5.74) is 1.75. The topological polar surface area (TPSA) is 96.5 Å². The molecule has 134 valence electrons. The van der Waals surface area contributed by atoms with Crippen molar-refractivity contribution in [1.82, 2.24) is 0 Å². The van der Waals surface area contributed by atoms with Crippen LogP contribution in [0.15, 0.2) is 48.5 Å². The second-order valence-corrected chi connectivity index (χ2v) is 7.26. The van der Waals surface area contributed by atoms with Gasteiger partial charge < -0.3 is 15.4 Å². The van der Waals surface area contributed by atoms with Gasteiger partial charge in [-0.25, -0.2) is 8.42 Å². The lowest BCUT2D eigenvalue weighted by Crippen LogP contribution is -2.32. The lowest BCUT2D eigenvalue weighted by Gasteiger charge is -2.17. The number of carbonyl (C=O) groups excluding carboxylic acids is 1. The molecule has 0 aliphatic heterocycles. The predicted molar refractivity (Wildman–Crippen MR) is 99.6 cm³/mol. The Bertz CT molecular complexity index is 835. The Balaban J connectivity index is 1.99. The number of hydrogen-bond donors (Lipinski definition) is 3. The van der Waals surface area contributed by atoms with Crippen LogP contribution in [0.3, 0.4) is 0 Å². The first-order chi connectivity index (χ1) is 11.8. The number of anilines is 3. The molecule has 8 heteroatoms. The average molecular weight is 363 g/mol. The highest BCUT2D eigenvalue weighted by atomic mass is 32.2. The van der Waals surface area contributed by atoms with Crippen molar-refractivity contribution in [1.29, 1.82) is 0 Å². The van der Waals surface area contributed by atoms with Crippen molar-refractivity contribution >= 4 is 33.0 Å². The summed E-state index contributed by atoms with van der Waals surface area (Å²) >= 11 is 0. The number of hydrogen-bond acceptors (Lipinski definition) is 5. The number of nitrogens with one attached hydrogen (secondary N) is 3. The van der Waals surface area contributed by atoms with E-state index in [1.54, 1.807) is 50.4 Å². The van der Waals surface area contributed by atoms with Gasteiger partial charge in [0.2, 0.25) is 15.9 Å². The third-order valence-electron chi connectivity index (χ3n) is 3.33. The van der Waals surface area contributed by atoms with Crippen LogP contribution in [-0.2, 0) is 14.8 Å². The van der Waals surface area contributed by atoms with Crippen molar-refractivity contribution in [3.63, 3.8) is 0 Å². The van der Waals surface area contributed by atoms with Crippen molar-refractivity contribution in [3.05, 3.63) is 48.5 Å². The zero-order chi connectivity index (χ0) is 18.4. The fourth-order valence-corrected chi connectivity index (χ4v) is 2.72. The van der Waals surface area contributed by atoms with Crippen LogP contribution < -0.4 is 20.1 Å². The van der Waals surface area contributed by atoms with E-state index in [1.165, 1.54) is 0 Å². The van der Waals surface area contributed by atoms with Gasteiger partial charge in [-0.3, -0.25) is 9.52 Å². The maximum absolute atomic E-state index is 12.3. The van der Waals surface area contributed by atoms with Crippen LogP contribution in [0.4, 0.5) is 17.1 Å². The highest BCUT2D eigenvalue weighted by Crippen LogP contribution is 2.23. The highest BCUT2D eigenvalue weighted by molar-refractivity contribution is 7.92. The molecule has 0 aliphatic carbocycles. The fourth-order valence-electron chi connectivity index (χ4n) is 2.15. The number of amides is 1. The van der Waals surface area contributed by atoms with Gasteiger partial charge in [-0.15, -0.1) is 0 Å². The molecule has 7 nitrogen and oxygen atoms in total. The molecule has 25 heavy (non-hydrogen) atoms. The van der Waals surface area contributed by atoms with Crippen molar-refractivity contribution < 1.29 is 17.9 Å². The molecule has 0 aliphatic rings. The number of sulfonamides is 1. The third kappa shape index (κ3) is 5.68. The molecule has 3 N–H and O–H groups in total. The van der Waals surface area contributed by atoms with Crippen LogP contribution in [0.5, 0.6) is 5.75 Å². The van der Waals surface area contributed by atoms with Crippen molar-refractivity contribution in [2.45, 2.75) is 13.0 Å². The molecule has 1 atom stereocenters. The van der Waals surface area contributed by atoms with E-state index in [9.17, 15) is 13.2 Å². The number of carbonyl (C=O) groups is 1. The van der Waals surface area contributed by atoms with Crippen LogP contribution in [0.2, 0.25) is 0 Å². The number of ether oxygens (including phenoxy) is 1. The molecule has 0 heterocycles. The van der Waals surface area contributed by atoms with E-state index in [2.05, 4.69) is 15.4 Å². The van der Waals surface area contributed by atoms with Gasteiger partial charge in [0.05, 0.1) is 19.1 Å². The normalized spacial score (nSPS) is 12.1. The number of para-hydroxylation sites is 2. The SMILES string of the molecule is COc1ccccc1NC(=O)[C@H](C)Nc1ccc(NS(C)(=O)=O)cc1. The second-order valence-electron chi connectivity index (χ2n) is 5.51. The fraction of sp³-hybridized carbons (Fsp3) is 0.235. The van der Waals surface area contributed by atoms with Gasteiger partial charge >= 0.3 is 0 Å². The van der Waals surface area contributed by atoms with Crippen LogP contribution in [-0.4, -0.2) is 33.7 Å². The largest absolute Gasteiger partial charge is 0.495 e. The molecule has 0 unspecified atom stereocenters. The molecule has 0 radical (unpaired) electrons. The number of benzene rings is 2. The van der Waals surface area contributed by atoms with Gasteiger partial charge in [-0.05, 0) is 43.3 Å². The molecule has 2 aromatic rings. The molecule has 0 saturated heterocycles. The van der Waals surface area contributed by atoms with Crippen LogP contribution >= 0.6 is 0 Å². The van der Waals surface area contributed by atoms with Gasteiger partial charge in [0, 0.05) is 11.4 Å². The van der Waals surface area contributed by atoms with Crippen molar-refractivity contribution in [2.75, 3.05) is 28.7 Å². The molecular weight excluding hydrogens is 342 g/mol. The maximum atomic E-state index is 12.3. The summed E-state index contributed by atoms with van der Waals surface area (Å²) in [6.07, 6.45) is 1.09. The van der Waals surface area contributed by atoms with E-state index < -0.39 is 16.1 Å². The molecule has 0 bridgehead atoms. The molecule has 1 amide bonds. The molecule has 2 aromatic carbocycles. The maximum Gasteiger partial charge on any atom is 0.246 e. The minimum absolute atomic E-state index is 0.220. The zero-order valence-electron chi connectivity index (χ0n) is 14.2. The van der Waals surface area contributed by atoms with Crippen LogP contribution in [0, 0.1) is 0 Å². The number of methoxy groups -OCH3 is 1. The Kier molecular flexibility index (Phi) is 5.87. The molecular formula is C17H21N3O4S. The van der Waals surface area contributed by atoms with Gasteiger partial charge in [0.15, 0.2) is 0 Å². The van der Waals surface area contributed by atoms with E-state index in [0.717, 1.165) is 6.26 Å². The number of rotatable bonds is 7. The van der Waals surface area contributed by atoms with Gasteiger partial charge in [0.1, 0.15) is 11.8 Å². The first-order valence-corrected chi connectivity index (χ1v) is 9.46. The summed E-state index contributed by atoms with van der Waals surface area (Å²) in [7, 11) is -1.77. The van der Waals surface area contributed by atoms with Crippen molar-refractivity contribution in [3.8, 4) is 5.75 Å². The quantitative estimate of drug-likeness (QED) is 0.702. The summed E-state index contributed by atoms with van der Waals surface area (Å²) in [5.74, 6) is 0.363. The van der Waals surface area contributed by atoms with E-state index in [-0.39, 0.29) is 5.91 Å². The summed E-state index contributed by atoms with van der Waals surface area (Å²) in [5, 5.41) is 5.87. The molecule has 2 rings (SSSR count). The molecule has 0 aromatic heterocycles. The lowest BCUT2D eigenvalue weighted by molar-refractivity contribution is -0.116. The summed E-state index contributed by atoms with van der Waals surface area (Å²) in [4.78, 5) is 12.3. The average Bonchev–Trinajstić information content (AvgIpc) is 2.55. The van der Waals surface area contributed by atoms with E-state index in [4.69, 9.17) is 4.74 Å². The zero-order valence-corrected chi connectivity index (χ0v) is 15.1. The Labute approximate surface area is 147 Å². The van der Waals surface area contributed by atoms with E-state index in [1.807, 2.05) is 12.1 Å². The molecule has 0 saturated carbocycles. The van der Waals surface area contributed by atoms with Crippen molar-refractivity contribution in [2.24, 2.45) is 0 Å². The van der Waals surface area contributed by atoms with Crippen LogP contribution in [0.1, 0.15) is 6.92 Å². The van der Waals surface area contributed by atoms with E-state index in [0.29, 0.717) is 22.8 Å². The minimum Gasteiger partial charge on any atom is -0.495 e. The minimum atomic E-state index is -3.31. The van der Waals surface area contributed by atoms with Crippen LogP contribution in [0.25, 0.3) is 0 Å². The Morgan fingerprint density at radius 3 is 2.24 bits per heavy atom. The smallest absolute Gasteiger partial charge is 0.246 e. The van der Waals surface area contributed by atoms with Gasteiger partial charge in [-0.2, -0.15) is 0 Å². The Morgan fingerprint density at radius 2 is 1.64 bits per heavy atom. The van der Waals surface area contributed by atoms with Gasteiger partial charge in [-0.1, -0.05) is 12.1 Å². The highest BCUT2D eigenvalue weighted by Gasteiger charge is 2.14. The molecule has 0 fully saturated rings. The predicted octanol–water partition coefficient (Wildman–Crippen LogP) is 2.51. The Hall–Kier alpha value is -2.74. The van der Waals surface area contributed by atoms with Gasteiger partial charge in [0.25, 0.3) is 0 Å². The first-order valence-electron chi connectivity index (χ1n) is 7.57. The molecule has 0 spiro atoms. The summed E-state index contributed by atoms with van der Waals surface area (Å²) in [6.45, 7) is 1.73. The third-order valence-corrected chi connectivity index (χ3v) is 3.94. The standard InChI is InChI=1S/C17H21N3O4S/c1-12(17(21)19-15-6-4-5-7-16(15)24-2)18-13-8-10-14(11-9-13)20-25(3,22)23/h4-12,18,20H,1-3H3,(H,19,21)/t12-/m0/s1. The second kappa shape index (κ2) is 7.89. The Morgan fingerprint density at radius 1 is 1.04 bits per heavy atom. The first kappa shape index (κ1) is 18.6. The van der Waals surface area contributed by atoms with E-state index >= 15 is 0 Å². The summed E-state index contributed by atoms with van der Waals surface area (Å²) in [6, 6.07) is 13.3. The lowest BCUT2D eigenvalue weighted by atomic mass is 10.2. The summed E-state index contributed by atoms with van der Waals surface area (Å²) < 4.78 is 30.0.